The molecule has 6 rings (SSSR count). The van der Waals surface area contributed by atoms with E-state index >= 15 is 0 Å². The molecule has 3 fully saturated rings. The van der Waals surface area contributed by atoms with Gasteiger partial charge in [0.2, 0.25) is 0 Å². The fourth-order valence-corrected chi connectivity index (χ4v) is 5.49. The lowest BCUT2D eigenvalue weighted by molar-refractivity contribution is -0.198. The molecule has 9 heteroatoms. The number of rotatable bonds is 8. The third-order valence-electron chi connectivity index (χ3n) is 7.11. The molecule has 2 saturated heterocycles. The van der Waals surface area contributed by atoms with Gasteiger partial charge in [0.15, 0.2) is 29.0 Å². The van der Waals surface area contributed by atoms with Gasteiger partial charge in [0.1, 0.15) is 18.5 Å². The molecule has 9 nitrogen and oxygen atoms in total. The van der Waals surface area contributed by atoms with Crippen LogP contribution >= 0.6 is 0 Å². The number of ether oxygens (including phenoxy) is 4. The van der Waals surface area contributed by atoms with Crippen molar-refractivity contribution >= 4 is 17.0 Å². The summed E-state index contributed by atoms with van der Waals surface area (Å²) in [5, 5.41) is 3.56. The Hall–Kier alpha value is -2.59. The summed E-state index contributed by atoms with van der Waals surface area (Å²) >= 11 is 0. The Kier molecular flexibility index (Phi) is 6.18. The predicted octanol–water partition coefficient (Wildman–Crippen LogP) is 4.21. The normalized spacial score (nSPS) is 28.1. The van der Waals surface area contributed by atoms with E-state index < -0.39 is 5.79 Å². The molecular weight excluding hydrogens is 446 g/mol. The fraction of sp³-hybridized carbons (Fsp3) is 0.577. The minimum absolute atomic E-state index is 0.155. The maximum Gasteiger partial charge on any atom is 0.167 e. The molecule has 1 saturated carbocycles. The van der Waals surface area contributed by atoms with Crippen LogP contribution in [0.15, 0.2) is 43.0 Å². The lowest BCUT2D eigenvalue weighted by atomic mass is 10.1. The van der Waals surface area contributed by atoms with Crippen LogP contribution in [0.5, 0.6) is 0 Å². The molecule has 186 valence electrons. The Balaban J connectivity index is 1.19. The Morgan fingerprint density at radius 2 is 1.86 bits per heavy atom. The summed E-state index contributed by atoms with van der Waals surface area (Å²) in [6.07, 6.45) is 7.92. The van der Waals surface area contributed by atoms with Crippen LogP contribution < -0.4 is 5.32 Å². The zero-order valence-electron chi connectivity index (χ0n) is 20.3. The van der Waals surface area contributed by atoms with Gasteiger partial charge < -0.3 is 24.3 Å². The number of fused-ring (bicyclic) bond motifs is 2. The van der Waals surface area contributed by atoms with Gasteiger partial charge in [0.05, 0.1) is 19.0 Å². The van der Waals surface area contributed by atoms with Gasteiger partial charge in [-0.3, -0.25) is 4.57 Å². The van der Waals surface area contributed by atoms with Crippen LogP contribution in [0.2, 0.25) is 0 Å². The summed E-state index contributed by atoms with van der Waals surface area (Å²) in [6, 6.07) is 10.6. The van der Waals surface area contributed by atoms with E-state index in [0.29, 0.717) is 25.7 Å². The standard InChI is InChI=1S/C26H33N5O4/c1-26(2)34-21-19(12-13-32-14-17-8-4-3-5-9-17)33-25(22(21)35-26)31-16-29-20-23(27-15-28-24(20)31)30-18-10-6-7-11-18/h3-5,8-9,15-16,18-19,21-22,25H,6-7,10-14H2,1-2H3,(H,27,28,30)/t19-,21?,22+,25-/m1/s1. The number of nitrogens with zero attached hydrogens (tertiary/aromatic N) is 4. The molecule has 0 bridgehead atoms. The molecular formula is C26H33N5O4. The third kappa shape index (κ3) is 4.65. The zero-order chi connectivity index (χ0) is 23.8. The van der Waals surface area contributed by atoms with Crippen LogP contribution in [-0.2, 0) is 25.6 Å². The Labute approximate surface area is 205 Å². The fourth-order valence-electron chi connectivity index (χ4n) is 5.49. The average molecular weight is 480 g/mol. The molecule has 35 heavy (non-hydrogen) atoms. The molecule has 1 unspecified atom stereocenters. The van der Waals surface area contributed by atoms with Crippen molar-refractivity contribution in [3.8, 4) is 0 Å². The Bertz CT molecular complexity index is 1150. The smallest absolute Gasteiger partial charge is 0.167 e. The third-order valence-corrected chi connectivity index (χ3v) is 7.11. The van der Waals surface area contributed by atoms with Crippen LogP contribution in [0.4, 0.5) is 5.82 Å². The van der Waals surface area contributed by atoms with Gasteiger partial charge in [-0.15, -0.1) is 0 Å². The van der Waals surface area contributed by atoms with E-state index in [4.69, 9.17) is 18.9 Å². The first-order valence-electron chi connectivity index (χ1n) is 12.6. The molecule has 4 heterocycles. The molecule has 0 spiro atoms. The van der Waals surface area contributed by atoms with Crippen LogP contribution in [0.1, 0.15) is 57.7 Å². The Morgan fingerprint density at radius 1 is 1.06 bits per heavy atom. The lowest BCUT2D eigenvalue weighted by Crippen LogP contribution is -2.30. The van der Waals surface area contributed by atoms with E-state index in [2.05, 4.69) is 32.4 Å². The minimum atomic E-state index is -0.679. The summed E-state index contributed by atoms with van der Waals surface area (Å²) in [4.78, 5) is 13.7. The largest absolute Gasteiger partial charge is 0.377 e. The molecule has 4 atom stereocenters. The first-order chi connectivity index (χ1) is 17.1. The number of nitrogens with one attached hydrogen (secondary N) is 1. The monoisotopic (exact) mass is 479 g/mol. The van der Waals surface area contributed by atoms with E-state index in [1.54, 1.807) is 12.7 Å². The quantitative estimate of drug-likeness (QED) is 0.481. The van der Waals surface area contributed by atoms with Gasteiger partial charge in [-0.05, 0) is 38.7 Å². The predicted molar refractivity (Wildman–Crippen MR) is 130 cm³/mol. The van der Waals surface area contributed by atoms with Crippen molar-refractivity contribution in [1.82, 2.24) is 19.5 Å². The van der Waals surface area contributed by atoms with E-state index in [0.717, 1.165) is 35.4 Å². The second-order valence-electron chi connectivity index (χ2n) is 10.1. The highest BCUT2D eigenvalue weighted by molar-refractivity contribution is 5.82. The second-order valence-corrected chi connectivity index (χ2v) is 10.1. The number of hydrogen-bond donors (Lipinski definition) is 1. The van der Waals surface area contributed by atoms with Crippen LogP contribution in [0.3, 0.4) is 0 Å². The maximum absolute atomic E-state index is 6.51. The average Bonchev–Trinajstić information content (AvgIpc) is 3.62. The van der Waals surface area contributed by atoms with E-state index in [1.807, 2.05) is 36.6 Å². The number of benzene rings is 1. The highest BCUT2D eigenvalue weighted by Crippen LogP contribution is 2.44. The van der Waals surface area contributed by atoms with Crippen molar-refractivity contribution in [3.63, 3.8) is 0 Å². The molecule has 3 aromatic rings. The number of aromatic nitrogens is 4. The molecule has 1 aliphatic carbocycles. The number of imidazole rings is 1. The topological polar surface area (TPSA) is 92.6 Å². The minimum Gasteiger partial charge on any atom is -0.377 e. The molecule has 0 amide bonds. The highest BCUT2D eigenvalue weighted by Gasteiger charge is 2.55. The summed E-state index contributed by atoms with van der Waals surface area (Å²) in [7, 11) is 0. The molecule has 3 aliphatic rings. The van der Waals surface area contributed by atoms with Crippen molar-refractivity contribution in [1.29, 1.82) is 0 Å². The van der Waals surface area contributed by atoms with Gasteiger partial charge in [-0.25, -0.2) is 15.0 Å². The van der Waals surface area contributed by atoms with Crippen molar-refractivity contribution in [2.24, 2.45) is 0 Å². The lowest BCUT2D eigenvalue weighted by Gasteiger charge is -2.24. The number of hydrogen-bond acceptors (Lipinski definition) is 8. The van der Waals surface area contributed by atoms with Crippen molar-refractivity contribution < 1.29 is 18.9 Å². The van der Waals surface area contributed by atoms with Crippen LogP contribution in [0.25, 0.3) is 11.2 Å². The summed E-state index contributed by atoms with van der Waals surface area (Å²) < 4.78 is 27.0. The highest BCUT2D eigenvalue weighted by atomic mass is 16.8. The van der Waals surface area contributed by atoms with Crippen molar-refractivity contribution in [2.45, 2.75) is 88.9 Å². The summed E-state index contributed by atoms with van der Waals surface area (Å²) in [6.45, 7) is 5.04. The molecule has 2 aliphatic heterocycles. The summed E-state index contributed by atoms with van der Waals surface area (Å²) in [5.41, 5.74) is 2.65. The molecule has 0 radical (unpaired) electrons. The summed E-state index contributed by atoms with van der Waals surface area (Å²) in [5.74, 6) is 0.103. The van der Waals surface area contributed by atoms with Gasteiger partial charge >= 0.3 is 0 Å². The molecule has 1 aromatic carbocycles. The van der Waals surface area contributed by atoms with Crippen molar-refractivity contribution in [2.75, 3.05) is 11.9 Å². The van der Waals surface area contributed by atoms with E-state index in [9.17, 15) is 0 Å². The first-order valence-corrected chi connectivity index (χ1v) is 12.6. The van der Waals surface area contributed by atoms with Gasteiger partial charge in [-0.1, -0.05) is 43.2 Å². The number of anilines is 1. The van der Waals surface area contributed by atoms with Crippen LogP contribution in [0, 0.1) is 0 Å². The first kappa shape index (κ1) is 22.8. The van der Waals surface area contributed by atoms with Gasteiger partial charge in [0.25, 0.3) is 0 Å². The Morgan fingerprint density at radius 3 is 2.69 bits per heavy atom. The SMILES string of the molecule is CC1(C)OC2[C@@H](CCOCc3ccccc3)O[C@@H](n3cnc4c(NC5CCCC5)ncnc43)[C@H]2O1. The van der Waals surface area contributed by atoms with E-state index in [-0.39, 0.29) is 24.5 Å². The van der Waals surface area contributed by atoms with Gasteiger partial charge in [-0.2, -0.15) is 0 Å². The maximum atomic E-state index is 6.51. The van der Waals surface area contributed by atoms with Crippen molar-refractivity contribution in [3.05, 3.63) is 48.5 Å². The molecule has 2 aromatic heterocycles. The van der Waals surface area contributed by atoms with Crippen LogP contribution in [-0.4, -0.2) is 56.3 Å². The zero-order valence-corrected chi connectivity index (χ0v) is 20.3. The second kappa shape index (κ2) is 9.46. The molecule has 1 N–H and O–H groups in total. The van der Waals surface area contributed by atoms with Gasteiger partial charge in [0, 0.05) is 12.6 Å². The van der Waals surface area contributed by atoms with E-state index in [1.165, 1.54) is 12.8 Å².